The van der Waals surface area contributed by atoms with Gasteiger partial charge in [0.25, 0.3) is 17.4 Å². The first kappa shape index (κ1) is 14.7. The van der Waals surface area contributed by atoms with E-state index in [1.807, 2.05) is 0 Å². The molecule has 3 unspecified atom stereocenters. The third-order valence-electron chi connectivity index (χ3n) is 4.55. The highest BCUT2D eigenvalue weighted by molar-refractivity contribution is 7.43. The second-order valence-corrected chi connectivity index (χ2v) is 8.36. The van der Waals surface area contributed by atoms with Gasteiger partial charge < -0.3 is 15.3 Å². The Balaban J connectivity index is 1.63. The van der Waals surface area contributed by atoms with Crippen LogP contribution in [0.25, 0.3) is 0 Å². The predicted molar refractivity (Wildman–Crippen MR) is 56.8 cm³/mol. The van der Waals surface area contributed by atoms with Crippen LogP contribution >= 0.6 is 25.8 Å². The van der Waals surface area contributed by atoms with Crippen molar-refractivity contribution in [3.05, 3.63) is 0 Å². The smallest absolute Gasteiger partial charge is 0.356 e. The molecule has 7 aliphatic rings. The van der Waals surface area contributed by atoms with E-state index >= 15 is 0 Å². The van der Waals surface area contributed by atoms with Crippen LogP contribution < -0.4 is 0 Å². The molecule has 3 spiro atoms. The molecule has 0 aromatic rings. The molecule has 6 heterocycles. The summed E-state index contributed by atoms with van der Waals surface area (Å²) < 4.78 is 46.1. The molecule has 7 rings (SSSR count). The van der Waals surface area contributed by atoms with Gasteiger partial charge in [0.1, 0.15) is 0 Å². The molecule has 3 N–H and O–H groups in total. The summed E-state index contributed by atoms with van der Waals surface area (Å²) >= 11 is 0. The van der Waals surface area contributed by atoms with Crippen LogP contribution in [0.15, 0.2) is 0 Å². The molecule has 6 aliphatic heterocycles. The molecule has 0 amide bonds. The molecule has 18 heteroatoms. The summed E-state index contributed by atoms with van der Waals surface area (Å²) in [6.45, 7) is 0. The number of hydrogen-bond acceptors (Lipinski definition) is 15. The van der Waals surface area contributed by atoms with Gasteiger partial charge in [0.05, 0.1) is 0 Å². The van der Waals surface area contributed by atoms with Crippen molar-refractivity contribution in [1.29, 1.82) is 0 Å². The first-order chi connectivity index (χ1) is 11.4. The van der Waals surface area contributed by atoms with Gasteiger partial charge in [-0.1, -0.05) is 0 Å². The Morgan fingerprint density at radius 2 is 0.875 bits per heavy atom. The van der Waals surface area contributed by atoms with Crippen LogP contribution in [0.1, 0.15) is 0 Å². The molecule has 0 aromatic heterocycles. The molecule has 6 saturated heterocycles. The molecule has 24 heavy (non-hydrogen) atoms. The number of fused-ring (bicyclic) bond motifs is 5. The maximum absolute atomic E-state index is 11.1. The Morgan fingerprint density at radius 1 is 0.458 bits per heavy atom. The molecule has 9 atom stereocenters. The molecule has 0 aromatic carbocycles. The fourth-order valence-corrected chi connectivity index (χ4v) is 7.11. The van der Waals surface area contributed by atoms with Crippen molar-refractivity contribution < 1.29 is 71.1 Å². The molecule has 7 fully saturated rings. The topological polar surface area (TPSA) is 171 Å². The van der Waals surface area contributed by atoms with Gasteiger partial charge in [0, 0.05) is 0 Å². The van der Waals surface area contributed by atoms with E-state index in [-0.39, 0.29) is 0 Å². The zero-order valence-corrected chi connectivity index (χ0v) is 13.3. The largest absolute Gasteiger partial charge is 0.422 e. The lowest BCUT2D eigenvalue weighted by atomic mass is 9.69. The lowest BCUT2D eigenvalue weighted by molar-refractivity contribution is -0.650. The summed E-state index contributed by atoms with van der Waals surface area (Å²) in [5.74, 6) is -16.6. The second-order valence-electron chi connectivity index (χ2n) is 5.47. The quantitative estimate of drug-likeness (QED) is 0.324. The standard InChI is InChI=1S/C6H3O15P3/c7-1-2(8)4(16-22(13-1)14-2)6-5(3(1,9)15-23(17-5)18-6)11-20-24(19-10-4)21-12-6/h7-9H/t1-,2-,3-,4+,5-,6-,22?,23?,24?/m1/s1. The van der Waals surface area contributed by atoms with Crippen molar-refractivity contribution in [2.24, 2.45) is 0 Å². The SMILES string of the molecule is O[C@@]12OP3O[C@@]1(O)[C@]1(OOP4OO[C@@]56OP(O[C@]25O)O[C@]16OO4)O3. The van der Waals surface area contributed by atoms with Gasteiger partial charge in [0.15, 0.2) is 0 Å². The molecule has 0 radical (unpaired) electrons. The minimum absolute atomic E-state index is 2.40. The van der Waals surface area contributed by atoms with Crippen molar-refractivity contribution in [2.45, 2.75) is 34.7 Å². The van der Waals surface area contributed by atoms with E-state index < -0.39 is 60.5 Å². The molecule has 132 valence electrons. The van der Waals surface area contributed by atoms with E-state index in [4.69, 9.17) is 55.8 Å². The van der Waals surface area contributed by atoms with Crippen molar-refractivity contribution >= 4 is 25.8 Å². The zero-order valence-electron chi connectivity index (χ0n) is 10.6. The lowest BCUT2D eigenvalue weighted by Crippen LogP contribution is -2.95. The summed E-state index contributed by atoms with van der Waals surface area (Å²) in [6, 6.07) is 0. The summed E-state index contributed by atoms with van der Waals surface area (Å²) in [5, 5.41) is 33.0. The van der Waals surface area contributed by atoms with Gasteiger partial charge in [0.2, 0.25) is 0 Å². The third-order valence-corrected chi connectivity index (χ3v) is 7.60. The van der Waals surface area contributed by atoms with Gasteiger partial charge in [-0.05, 0) is 0 Å². The van der Waals surface area contributed by atoms with Crippen LogP contribution in [0.4, 0.5) is 0 Å². The maximum Gasteiger partial charge on any atom is 0.422 e. The maximum atomic E-state index is 11.1. The van der Waals surface area contributed by atoms with Crippen LogP contribution in [0.2, 0.25) is 0 Å². The highest BCUT2D eigenvalue weighted by Gasteiger charge is 3.10. The van der Waals surface area contributed by atoms with E-state index in [1.165, 1.54) is 0 Å². The van der Waals surface area contributed by atoms with E-state index in [0.29, 0.717) is 0 Å². The minimum atomic E-state index is -3.01. The predicted octanol–water partition coefficient (Wildman–Crippen LogP) is -1.14. The number of hydrogen-bond donors (Lipinski definition) is 3. The summed E-state index contributed by atoms with van der Waals surface area (Å²) in [5.41, 5.74) is 0. The van der Waals surface area contributed by atoms with Crippen molar-refractivity contribution in [3.8, 4) is 0 Å². The monoisotopic (exact) mass is 408 g/mol. The van der Waals surface area contributed by atoms with E-state index in [0.717, 1.165) is 0 Å². The Kier molecular flexibility index (Phi) is 2.25. The molecule has 1 aliphatic carbocycles. The van der Waals surface area contributed by atoms with E-state index in [2.05, 4.69) is 0 Å². The van der Waals surface area contributed by atoms with Crippen molar-refractivity contribution in [1.82, 2.24) is 0 Å². The van der Waals surface area contributed by atoms with Crippen molar-refractivity contribution in [3.63, 3.8) is 0 Å². The first-order valence-electron chi connectivity index (χ1n) is 6.15. The summed E-state index contributed by atoms with van der Waals surface area (Å²) in [7, 11) is -7.29. The molecular formula is C6H3O15P3. The number of rotatable bonds is 0. The molecular weight excluding hydrogens is 405 g/mol. The highest BCUT2D eigenvalue weighted by atomic mass is 31.2. The lowest BCUT2D eigenvalue weighted by Gasteiger charge is -2.62. The van der Waals surface area contributed by atoms with Crippen LogP contribution in [-0.2, 0) is 55.8 Å². The normalized spacial score (nSPS) is 73.9. The summed E-state index contributed by atoms with van der Waals surface area (Å²) in [4.78, 5) is 15.4. The minimum Gasteiger partial charge on any atom is -0.356 e. The van der Waals surface area contributed by atoms with Gasteiger partial charge in [-0.25, -0.2) is 0 Å². The van der Waals surface area contributed by atoms with E-state index in [9.17, 15) is 15.3 Å². The molecule has 1 saturated carbocycles. The third kappa shape index (κ3) is 1.01. The van der Waals surface area contributed by atoms with Crippen LogP contribution in [0.5, 0.6) is 0 Å². The average molecular weight is 408 g/mol. The second kappa shape index (κ2) is 3.66. The Labute approximate surface area is 132 Å². The molecule has 6 bridgehead atoms. The van der Waals surface area contributed by atoms with Crippen LogP contribution in [0.3, 0.4) is 0 Å². The Bertz CT molecular complexity index is 696. The van der Waals surface area contributed by atoms with Crippen molar-refractivity contribution in [2.75, 3.05) is 0 Å². The van der Waals surface area contributed by atoms with Gasteiger partial charge in [-0.2, -0.15) is 14.7 Å². The average Bonchev–Trinajstić information content (AvgIpc) is 3.10. The van der Waals surface area contributed by atoms with Gasteiger partial charge in [-0.15, -0.1) is 14.0 Å². The fourth-order valence-electron chi connectivity index (χ4n) is 3.48. The molecule has 15 nitrogen and oxygen atoms in total. The van der Waals surface area contributed by atoms with Gasteiger partial charge in [-0.3, -0.25) is 27.1 Å². The summed E-state index contributed by atoms with van der Waals surface area (Å²) in [6.07, 6.45) is 0. The Morgan fingerprint density at radius 3 is 1.46 bits per heavy atom. The van der Waals surface area contributed by atoms with Gasteiger partial charge >= 0.3 is 43.2 Å². The Hall–Kier alpha value is 0.690. The van der Waals surface area contributed by atoms with Crippen LogP contribution in [-0.4, -0.2) is 50.0 Å². The van der Waals surface area contributed by atoms with E-state index in [1.54, 1.807) is 0 Å². The van der Waals surface area contributed by atoms with Crippen LogP contribution in [0, 0.1) is 0 Å². The zero-order chi connectivity index (χ0) is 16.2. The fraction of sp³-hybridized carbons (Fsp3) is 1.00. The highest BCUT2D eigenvalue weighted by Crippen LogP contribution is 2.89. The first-order valence-corrected chi connectivity index (χ1v) is 9.44. The number of aliphatic hydroxyl groups is 3.